The number of carbonyl (C=O) groups is 1. The zero-order valence-corrected chi connectivity index (χ0v) is 7.76. The molecular formula is C11H13NO. The summed E-state index contributed by atoms with van der Waals surface area (Å²) in [6.45, 7) is 2.86. The lowest BCUT2D eigenvalue weighted by atomic mass is 10.0. The van der Waals surface area contributed by atoms with E-state index in [2.05, 4.69) is 11.4 Å². The number of para-hydroxylation sites is 1. The van der Waals surface area contributed by atoms with Gasteiger partial charge in [-0.1, -0.05) is 19.1 Å². The summed E-state index contributed by atoms with van der Waals surface area (Å²) in [7, 11) is 0. The van der Waals surface area contributed by atoms with Gasteiger partial charge in [0.1, 0.15) is 0 Å². The molecular weight excluding hydrogens is 162 g/mol. The van der Waals surface area contributed by atoms with Crippen molar-refractivity contribution in [3.8, 4) is 0 Å². The Morgan fingerprint density at radius 2 is 2.38 bits per heavy atom. The molecule has 1 aromatic carbocycles. The molecule has 1 heterocycles. The highest BCUT2D eigenvalue weighted by molar-refractivity contribution is 6.02. The average Bonchev–Trinajstić information content (AvgIpc) is 2.63. The zero-order valence-electron chi connectivity index (χ0n) is 7.76. The maximum Gasteiger partial charge on any atom is 0.164 e. The molecule has 0 fully saturated rings. The fourth-order valence-electron chi connectivity index (χ4n) is 1.76. The third-order valence-corrected chi connectivity index (χ3v) is 2.47. The summed E-state index contributed by atoms with van der Waals surface area (Å²) >= 11 is 0. The minimum absolute atomic E-state index is 0.228. The van der Waals surface area contributed by atoms with Crippen molar-refractivity contribution >= 4 is 11.5 Å². The molecule has 13 heavy (non-hydrogen) atoms. The first-order valence-corrected chi connectivity index (χ1v) is 4.72. The Balaban J connectivity index is 2.47. The molecule has 2 nitrogen and oxygen atoms in total. The fraction of sp³-hybridized carbons (Fsp3) is 0.364. The van der Waals surface area contributed by atoms with Crippen LogP contribution < -0.4 is 5.32 Å². The predicted octanol–water partition coefficient (Wildman–Crippen LogP) is 2.25. The molecule has 0 atom stereocenters. The lowest BCUT2D eigenvalue weighted by Crippen LogP contribution is -2.02. The van der Waals surface area contributed by atoms with Crippen LogP contribution in [0.25, 0.3) is 0 Å². The van der Waals surface area contributed by atoms with Gasteiger partial charge in [-0.15, -0.1) is 0 Å². The largest absolute Gasteiger partial charge is 0.384 e. The zero-order chi connectivity index (χ0) is 9.26. The minimum Gasteiger partial charge on any atom is -0.384 e. The van der Waals surface area contributed by atoms with Crippen LogP contribution in [-0.4, -0.2) is 12.3 Å². The fourth-order valence-corrected chi connectivity index (χ4v) is 1.76. The number of Topliss-reactive ketones (excluding diaryl/α,β-unsaturated/α-hetero) is 1. The number of ketones is 1. The van der Waals surface area contributed by atoms with Crippen molar-refractivity contribution in [3.63, 3.8) is 0 Å². The molecule has 0 aromatic heterocycles. The number of carbonyl (C=O) groups excluding carboxylic acids is 1. The number of hydrogen-bond donors (Lipinski definition) is 1. The molecule has 0 saturated heterocycles. The van der Waals surface area contributed by atoms with Crippen LogP contribution in [-0.2, 0) is 6.42 Å². The Labute approximate surface area is 78.0 Å². The molecule has 1 aliphatic rings. The van der Waals surface area contributed by atoms with Gasteiger partial charge < -0.3 is 5.32 Å². The Bertz CT molecular complexity index is 344. The molecule has 0 saturated carbocycles. The standard InChI is InChI=1S/C11H13NO/c1-2-10(13)9-5-3-4-8-6-7-12-11(8)9/h3-5,12H,2,6-7H2,1H3. The van der Waals surface area contributed by atoms with Crippen LogP contribution in [0.1, 0.15) is 29.3 Å². The summed E-state index contributed by atoms with van der Waals surface area (Å²) in [6.07, 6.45) is 1.62. The van der Waals surface area contributed by atoms with E-state index in [0.717, 1.165) is 24.2 Å². The van der Waals surface area contributed by atoms with Crippen molar-refractivity contribution in [3.05, 3.63) is 29.3 Å². The monoisotopic (exact) mass is 175 g/mol. The predicted molar refractivity (Wildman–Crippen MR) is 53.3 cm³/mol. The first kappa shape index (κ1) is 8.30. The van der Waals surface area contributed by atoms with Gasteiger partial charge >= 0.3 is 0 Å². The van der Waals surface area contributed by atoms with Crippen LogP contribution in [0.15, 0.2) is 18.2 Å². The first-order valence-electron chi connectivity index (χ1n) is 4.72. The van der Waals surface area contributed by atoms with Gasteiger partial charge in [-0.05, 0) is 18.1 Å². The highest BCUT2D eigenvalue weighted by atomic mass is 16.1. The summed E-state index contributed by atoms with van der Waals surface area (Å²) in [4.78, 5) is 11.5. The maximum atomic E-state index is 11.5. The van der Waals surface area contributed by atoms with Crippen LogP contribution in [0.5, 0.6) is 0 Å². The van der Waals surface area contributed by atoms with E-state index in [1.54, 1.807) is 0 Å². The number of nitrogens with one attached hydrogen (secondary N) is 1. The summed E-state index contributed by atoms with van der Waals surface area (Å²) in [5.41, 5.74) is 3.20. The van der Waals surface area contributed by atoms with Gasteiger partial charge in [-0.3, -0.25) is 4.79 Å². The average molecular weight is 175 g/mol. The molecule has 68 valence electrons. The van der Waals surface area contributed by atoms with E-state index < -0.39 is 0 Å². The SMILES string of the molecule is CCC(=O)c1cccc2c1NCC2. The van der Waals surface area contributed by atoms with Crippen molar-refractivity contribution < 1.29 is 4.79 Å². The second kappa shape index (κ2) is 3.21. The lowest BCUT2D eigenvalue weighted by molar-refractivity contribution is 0.0989. The Morgan fingerprint density at radius 1 is 1.54 bits per heavy atom. The molecule has 0 bridgehead atoms. The normalized spacial score (nSPS) is 13.6. The highest BCUT2D eigenvalue weighted by Crippen LogP contribution is 2.26. The Kier molecular flexibility index (Phi) is 2.05. The van der Waals surface area contributed by atoms with E-state index in [9.17, 15) is 4.79 Å². The third kappa shape index (κ3) is 1.32. The van der Waals surface area contributed by atoms with Crippen LogP contribution >= 0.6 is 0 Å². The molecule has 0 aliphatic carbocycles. The summed E-state index contributed by atoms with van der Waals surface area (Å²) in [5.74, 6) is 0.228. The third-order valence-electron chi connectivity index (χ3n) is 2.47. The summed E-state index contributed by atoms with van der Waals surface area (Å²) in [6, 6.07) is 5.96. The van der Waals surface area contributed by atoms with Crippen molar-refractivity contribution in [2.75, 3.05) is 11.9 Å². The molecule has 0 unspecified atom stereocenters. The van der Waals surface area contributed by atoms with Crippen molar-refractivity contribution in [2.24, 2.45) is 0 Å². The van der Waals surface area contributed by atoms with Crippen molar-refractivity contribution in [1.29, 1.82) is 0 Å². The van der Waals surface area contributed by atoms with Crippen LogP contribution in [0.3, 0.4) is 0 Å². The Morgan fingerprint density at radius 3 is 3.15 bits per heavy atom. The molecule has 0 radical (unpaired) electrons. The molecule has 2 rings (SSSR count). The van der Waals surface area contributed by atoms with Crippen molar-refractivity contribution in [2.45, 2.75) is 19.8 Å². The molecule has 1 N–H and O–H groups in total. The smallest absolute Gasteiger partial charge is 0.164 e. The second-order valence-corrected chi connectivity index (χ2v) is 3.29. The summed E-state index contributed by atoms with van der Waals surface area (Å²) < 4.78 is 0. The summed E-state index contributed by atoms with van der Waals surface area (Å²) in [5, 5.41) is 3.26. The molecule has 0 spiro atoms. The maximum absolute atomic E-state index is 11.5. The van der Waals surface area contributed by atoms with Gasteiger partial charge in [-0.2, -0.15) is 0 Å². The van der Waals surface area contributed by atoms with Crippen LogP contribution in [0, 0.1) is 0 Å². The van der Waals surface area contributed by atoms with Gasteiger partial charge in [0.25, 0.3) is 0 Å². The van der Waals surface area contributed by atoms with Crippen LogP contribution in [0.2, 0.25) is 0 Å². The van der Waals surface area contributed by atoms with E-state index >= 15 is 0 Å². The van der Waals surface area contributed by atoms with Crippen LogP contribution in [0.4, 0.5) is 5.69 Å². The van der Waals surface area contributed by atoms with Gasteiger partial charge in [-0.25, -0.2) is 0 Å². The first-order chi connectivity index (χ1) is 6.33. The van der Waals surface area contributed by atoms with Crippen molar-refractivity contribution in [1.82, 2.24) is 0 Å². The van der Waals surface area contributed by atoms with E-state index in [1.807, 2.05) is 19.1 Å². The van der Waals surface area contributed by atoms with E-state index in [1.165, 1.54) is 5.56 Å². The van der Waals surface area contributed by atoms with E-state index in [-0.39, 0.29) is 5.78 Å². The molecule has 2 heteroatoms. The molecule has 0 amide bonds. The van der Waals surface area contributed by atoms with Gasteiger partial charge in [0.2, 0.25) is 0 Å². The second-order valence-electron chi connectivity index (χ2n) is 3.29. The quantitative estimate of drug-likeness (QED) is 0.698. The van der Waals surface area contributed by atoms with E-state index in [0.29, 0.717) is 6.42 Å². The minimum atomic E-state index is 0.228. The molecule has 1 aromatic rings. The van der Waals surface area contributed by atoms with Gasteiger partial charge in [0.05, 0.1) is 0 Å². The van der Waals surface area contributed by atoms with Gasteiger partial charge in [0.15, 0.2) is 5.78 Å². The van der Waals surface area contributed by atoms with Gasteiger partial charge in [0, 0.05) is 24.2 Å². The number of hydrogen-bond acceptors (Lipinski definition) is 2. The highest BCUT2D eigenvalue weighted by Gasteiger charge is 2.16. The topological polar surface area (TPSA) is 29.1 Å². The Hall–Kier alpha value is -1.31. The molecule has 1 aliphatic heterocycles. The lowest BCUT2D eigenvalue weighted by Gasteiger charge is -2.05. The number of rotatable bonds is 2. The number of anilines is 1. The van der Waals surface area contributed by atoms with E-state index in [4.69, 9.17) is 0 Å². The number of benzene rings is 1. The number of fused-ring (bicyclic) bond motifs is 1.